The third-order valence-corrected chi connectivity index (χ3v) is 5.18. The quantitative estimate of drug-likeness (QED) is 0.234. The number of aliphatic imine (C=N–C) groups is 1. The van der Waals surface area contributed by atoms with Crippen LogP contribution in [0.1, 0.15) is 54.9 Å². The van der Waals surface area contributed by atoms with Gasteiger partial charge in [0, 0.05) is 16.8 Å². The zero-order valence-corrected chi connectivity index (χ0v) is 17.1. The molecule has 144 valence electrons. The smallest absolute Gasteiger partial charge is 0.209 e. The van der Waals surface area contributed by atoms with Crippen molar-refractivity contribution in [2.45, 2.75) is 72.0 Å². The van der Waals surface area contributed by atoms with Gasteiger partial charge in [0.15, 0.2) is 6.19 Å². The third kappa shape index (κ3) is 4.96. The van der Waals surface area contributed by atoms with Gasteiger partial charge in [-0.2, -0.15) is 10.3 Å². The van der Waals surface area contributed by atoms with Gasteiger partial charge in [0.2, 0.25) is 5.96 Å². The molecule has 0 aliphatic carbocycles. The average Bonchev–Trinajstić information content (AvgIpc) is 2.54. The second kappa shape index (κ2) is 8.52. The number of hydrogen-bond donors (Lipinski definition) is 3. The molecule has 1 aliphatic rings. The van der Waals surface area contributed by atoms with Crippen LogP contribution in [0, 0.1) is 17.4 Å². The highest BCUT2D eigenvalue weighted by Gasteiger charge is 2.49. The maximum Gasteiger partial charge on any atom is 0.209 e. The van der Waals surface area contributed by atoms with Crippen LogP contribution in [-0.4, -0.2) is 33.3 Å². The van der Waals surface area contributed by atoms with Crippen molar-refractivity contribution in [1.29, 1.82) is 5.26 Å². The summed E-state index contributed by atoms with van der Waals surface area (Å²) in [6.45, 7) is 17.8. The Morgan fingerprint density at radius 2 is 1.96 bits per heavy atom. The number of rotatable bonds is 4. The molecule has 1 fully saturated rings. The Bertz CT molecular complexity index is 648. The normalized spacial score (nSPS) is 25.4. The van der Waals surface area contributed by atoms with Gasteiger partial charge >= 0.3 is 0 Å². The van der Waals surface area contributed by atoms with Crippen molar-refractivity contribution in [2.24, 2.45) is 10.9 Å². The summed E-state index contributed by atoms with van der Waals surface area (Å²) in [5.41, 5.74) is 1.08. The molecule has 0 aromatic rings. The molecule has 0 amide bonds. The van der Waals surface area contributed by atoms with E-state index in [0.717, 1.165) is 11.3 Å². The minimum Gasteiger partial charge on any atom is -0.326 e. The van der Waals surface area contributed by atoms with Crippen molar-refractivity contribution >= 4 is 5.96 Å². The van der Waals surface area contributed by atoms with E-state index in [-0.39, 0.29) is 12.0 Å². The highest BCUT2D eigenvalue weighted by Crippen LogP contribution is 2.41. The first-order valence-electron chi connectivity index (χ1n) is 8.93. The van der Waals surface area contributed by atoms with E-state index in [1.807, 2.05) is 59.9 Å². The Kier molecular flexibility index (Phi) is 7.19. The predicted octanol–water partition coefficient (Wildman–Crippen LogP) is 3.70. The van der Waals surface area contributed by atoms with E-state index in [4.69, 9.17) is 10.3 Å². The molecule has 6 heteroatoms. The predicted molar refractivity (Wildman–Crippen MR) is 106 cm³/mol. The van der Waals surface area contributed by atoms with E-state index in [1.54, 1.807) is 6.08 Å². The fourth-order valence-corrected chi connectivity index (χ4v) is 3.32. The first-order chi connectivity index (χ1) is 12.0. The summed E-state index contributed by atoms with van der Waals surface area (Å²) in [4.78, 5) is 4.80. The first kappa shape index (κ1) is 21.9. The number of hydrogen-bond acceptors (Lipinski definition) is 4. The number of nitriles is 1. The Morgan fingerprint density at radius 1 is 1.35 bits per heavy atom. The first-order valence-corrected chi connectivity index (χ1v) is 8.93. The molecule has 1 saturated heterocycles. The van der Waals surface area contributed by atoms with Crippen LogP contribution in [0.3, 0.4) is 0 Å². The van der Waals surface area contributed by atoms with Crippen LogP contribution >= 0.6 is 0 Å². The largest absolute Gasteiger partial charge is 0.326 e. The molecule has 0 aromatic carbocycles. The lowest BCUT2D eigenvalue weighted by Crippen LogP contribution is -2.64. The van der Waals surface area contributed by atoms with Crippen LogP contribution in [0.4, 0.5) is 0 Å². The molecule has 0 aromatic heterocycles. The minimum absolute atomic E-state index is 0.0476. The summed E-state index contributed by atoms with van der Waals surface area (Å²) in [5.74, 6) is 0.504. The van der Waals surface area contributed by atoms with Crippen molar-refractivity contribution in [3.8, 4) is 6.19 Å². The molecule has 6 nitrogen and oxygen atoms in total. The van der Waals surface area contributed by atoms with Crippen molar-refractivity contribution in [3.63, 3.8) is 0 Å². The lowest BCUT2D eigenvalue weighted by molar-refractivity contribution is -0.259. The fraction of sp³-hybridized carbons (Fsp3) is 0.600. The van der Waals surface area contributed by atoms with E-state index in [0.29, 0.717) is 12.4 Å². The molecule has 0 radical (unpaired) electrons. The lowest BCUT2D eigenvalue weighted by Gasteiger charge is -2.54. The van der Waals surface area contributed by atoms with E-state index >= 15 is 0 Å². The molecule has 1 heterocycles. The number of nitrogens with one attached hydrogen (secondary N) is 2. The van der Waals surface area contributed by atoms with E-state index in [1.165, 1.54) is 5.06 Å². The highest BCUT2D eigenvalue weighted by molar-refractivity contribution is 5.83. The fourth-order valence-electron chi connectivity index (χ4n) is 3.32. The van der Waals surface area contributed by atoms with Gasteiger partial charge in [-0.3, -0.25) is 5.32 Å². The number of piperidine rings is 1. The third-order valence-electron chi connectivity index (χ3n) is 5.18. The lowest BCUT2D eigenvalue weighted by atomic mass is 9.72. The van der Waals surface area contributed by atoms with Gasteiger partial charge in [-0.15, -0.1) is 0 Å². The topological polar surface area (TPSA) is 83.7 Å². The standard InChI is InChI=1S/C20H33N5O/c1-9-10-11-16(14(2)3)23-18(22-13-21)24-17-12-19(5,6)25(26)20(7,8)15(17)4/h9-11,15,17,26H,1,12H2,2-8H3,(H2,22,23,24)/b11-10-. The van der Waals surface area contributed by atoms with Crippen molar-refractivity contribution in [1.82, 2.24) is 15.7 Å². The molecular formula is C20H33N5O. The summed E-state index contributed by atoms with van der Waals surface area (Å²) in [7, 11) is 0. The van der Waals surface area contributed by atoms with Crippen LogP contribution < -0.4 is 10.6 Å². The zero-order chi connectivity index (χ0) is 20.1. The molecule has 0 saturated carbocycles. The maximum absolute atomic E-state index is 10.6. The van der Waals surface area contributed by atoms with Crippen LogP contribution in [0.15, 0.2) is 41.1 Å². The molecule has 26 heavy (non-hydrogen) atoms. The molecule has 0 spiro atoms. The number of nitrogens with zero attached hydrogens (tertiary/aromatic N) is 3. The molecule has 1 aliphatic heterocycles. The average molecular weight is 360 g/mol. The van der Waals surface area contributed by atoms with E-state index in [2.05, 4.69) is 24.1 Å². The van der Waals surface area contributed by atoms with Gasteiger partial charge in [-0.05, 0) is 60.0 Å². The van der Waals surface area contributed by atoms with E-state index in [9.17, 15) is 5.21 Å². The number of hydroxylamine groups is 2. The highest BCUT2D eigenvalue weighted by atomic mass is 16.5. The molecule has 1 rings (SSSR count). The van der Waals surface area contributed by atoms with Crippen molar-refractivity contribution in [2.75, 3.05) is 0 Å². The van der Waals surface area contributed by atoms with Gasteiger partial charge in [0.05, 0.1) is 6.04 Å². The van der Waals surface area contributed by atoms with Gasteiger partial charge in [0.1, 0.15) is 0 Å². The Morgan fingerprint density at radius 3 is 2.46 bits per heavy atom. The molecular weight excluding hydrogens is 326 g/mol. The Labute approximate surface area is 157 Å². The summed E-state index contributed by atoms with van der Waals surface area (Å²) < 4.78 is 0. The maximum atomic E-state index is 10.6. The Balaban J connectivity index is 3.22. The second-order valence-corrected chi connectivity index (χ2v) is 8.19. The summed E-state index contributed by atoms with van der Waals surface area (Å²) in [6.07, 6.45) is 8.06. The minimum atomic E-state index is -0.435. The van der Waals surface area contributed by atoms with Crippen molar-refractivity contribution < 1.29 is 5.21 Å². The summed E-state index contributed by atoms with van der Waals surface area (Å²) >= 11 is 0. The summed E-state index contributed by atoms with van der Waals surface area (Å²) in [6, 6.07) is -0.0476. The second-order valence-electron chi connectivity index (χ2n) is 8.19. The van der Waals surface area contributed by atoms with Gasteiger partial charge in [-0.1, -0.05) is 31.2 Å². The van der Waals surface area contributed by atoms with Crippen LogP contribution in [-0.2, 0) is 0 Å². The summed E-state index contributed by atoms with van der Waals surface area (Å²) in [5, 5.41) is 27.0. The van der Waals surface area contributed by atoms with Gasteiger partial charge in [0.25, 0.3) is 0 Å². The van der Waals surface area contributed by atoms with Crippen LogP contribution in [0.2, 0.25) is 0 Å². The molecule has 2 unspecified atom stereocenters. The Hall–Kier alpha value is -2.10. The number of guanidine groups is 1. The van der Waals surface area contributed by atoms with Gasteiger partial charge < -0.3 is 10.5 Å². The van der Waals surface area contributed by atoms with Gasteiger partial charge in [-0.25, -0.2) is 4.99 Å². The van der Waals surface area contributed by atoms with Crippen LogP contribution in [0.5, 0.6) is 0 Å². The van der Waals surface area contributed by atoms with E-state index < -0.39 is 11.1 Å². The molecule has 2 atom stereocenters. The monoisotopic (exact) mass is 359 g/mol. The molecule has 3 N–H and O–H groups in total. The van der Waals surface area contributed by atoms with Crippen molar-refractivity contribution in [3.05, 3.63) is 36.1 Å². The zero-order valence-electron chi connectivity index (χ0n) is 17.1. The SMILES string of the molecule is C=C/C=C\C(NC(=NC1CC(C)(C)N(O)C(C)(C)C1C)NC#N)=C(C)C. The molecule has 0 bridgehead atoms. The number of allylic oxidation sites excluding steroid dienone is 4. The van der Waals surface area contributed by atoms with Crippen LogP contribution in [0.25, 0.3) is 0 Å².